The van der Waals surface area contributed by atoms with Crippen LogP contribution in [0.4, 0.5) is 0 Å². The lowest BCUT2D eigenvalue weighted by Gasteiger charge is -1.98. The first-order valence-corrected chi connectivity index (χ1v) is 4.12. The predicted molar refractivity (Wildman–Crippen MR) is 44.4 cm³/mol. The summed E-state index contributed by atoms with van der Waals surface area (Å²) in [5, 5.41) is 8.55. The number of hydrogen-bond donors (Lipinski definition) is 1. The van der Waals surface area contributed by atoms with Crippen molar-refractivity contribution < 1.29 is 19.0 Å². The van der Waals surface area contributed by atoms with E-state index < -0.39 is 14.7 Å². The molecule has 64 valence electrons. The monoisotopic (exact) mass is 186 g/mol. The minimum absolute atomic E-state index is 0.125. The van der Waals surface area contributed by atoms with E-state index in [9.17, 15) is 9.36 Å². The van der Waals surface area contributed by atoms with Crippen LogP contribution in [0.3, 0.4) is 0 Å². The zero-order valence-corrected chi connectivity index (χ0v) is 7.21. The van der Waals surface area contributed by atoms with Crippen LogP contribution in [0.5, 0.6) is 5.75 Å². The van der Waals surface area contributed by atoms with Gasteiger partial charge >= 0.3 is 5.97 Å². The fourth-order valence-corrected chi connectivity index (χ4v) is 1.02. The maximum atomic E-state index is 10.4. The highest BCUT2D eigenvalue weighted by Crippen LogP contribution is 2.16. The summed E-state index contributed by atoms with van der Waals surface area (Å²) >= 11 is 0. The molecule has 0 aliphatic carbocycles. The smallest absolute Gasteiger partial charge is 0.335 e. The third-order valence-corrected chi connectivity index (χ3v) is 1.63. The van der Waals surface area contributed by atoms with Gasteiger partial charge in [0.1, 0.15) is 5.75 Å². The van der Waals surface area contributed by atoms with Gasteiger partial charge in [-0.1, -0.05) is 6.07 Å². The van der Waals surface area contributed by atoms with Crippen LogP contribution in [-0.4, -0.2) is 11.1 Å². The molecule has 1 atom stereocenters. The largest absolute Gasteiger partial charge is 0.478 e. The molecule has 1 N–H and O–H groups in total. The van der Waals surface area contributed by atoms with Gasteiger partial charge in [-0.2, -0.15) is 0 Å². The molecule has 0 aliphatic heterocycles. The van der Waals surface area contributed by atoms with E-state index in [0.717, 1.165) is 0 Å². The molecule has 0 aliphatic rings. The summed E-state index contributed by atoms with van der Waals surface area (Å²) in [6.07, 6.45) is 0. The molecule has 0 amide bonds. The van der Waals surface area contributed by atoms with E-state index in [1.54, 1.807) is 6.07 Å². The van der Waals surface area contributed by atoms with Crippen LogP contribution in [0.15, 0.2) is 24.3 Å². The van der Waals surface area contributed by atoms with Crippen LogP contribution >= 0.6 is 8.69 Å². The van der Waals surface area contributed by atoms with E-state index in [2.05, 4.69) is 4.52 Å². The Morgan fingerprint density at radius 3 is 2.83 bits per heavy atom. The standard InChI is InChI=1S/C7H7O4P/c8-7(9)5-2-1-3-6(4-5)11-12-10/h1-4H,12H2,(H,8,9). The van der Waals surface area contributed by atoms with E-state index in [1.807, 2.05) is 0 Å². The van der Waals surface area contributed by atoms with E-state index in [-0.39, 0.29) is 5.56 Å². The van der Waals surface area contributed by atoms with Crippen LogP contribution < -0.4 is 4.52 Å². The zero-order chi connectivity index (χ0) is 8.97. The summed E-state index contributed by atoms with van der Waals surface area (Å²) in [5.41, 5.74) is 0.125. The third-order valence-electron chi connectivity index (χ3n) is 1.27. The molecule has 0 saturated heterocycles. The van der Waals surface area contributed by atoms with E-state index in [4.69, 9.17) is 5.11 Å². The molecule has 0 radical (unpaired) electrons. The molecule has 0 bridgehead atoms. The van der Waals surface area contributed by atoms with E-state index in [1.165, 1.54) is 18.2 Å². The van der Waals surface area contributed by atoms with Gasteiger partial charge in [0, 0.05) is 0 Å². The van der Waals surface area contributed by atoms with Gasteiger partial charge in [-0.05, 0) is 18.2 Å². The van der Waals surface area contributed by atoms with Gasteiger partial charge in [-0.15, -0.1) is 0 Å². The summed E-state index contributed by atoms with van der Waals surface area (Å²) in [4.78, 5) is 10.4. The van der Waals surface area contributed by atoms with Crippen molar-refractivity contribution >= 4 is 14.7 Å². The molecule has 0 spiro atoms. The molecule has 1 aromatic carbocycles. The molecular weight excluding hydrogens is 179 g/mol. The van der Waals surface area contributed by atoms with E-state index in [0.29, 0.717) is 5.75 Å². The molecule has 0 heterocycles. The topological polar surface area (TPSA) is 63.6 Å². The summed E-state index contributed by atoms with van der Waals surface area (Å²) in [6.45, 7) is 0. The van der Waals surface area contributed by atoms with Crippen LogP contribution in [-0.2, 0) is 4.57 Å². The van der Waals surface area contributed by atoms with Crippen molar-refractivity contribution in [3.05, 3.63) is 29.8 Å². The number of rotatable bonds is 3. The first-order chi connectivity index (χ1) is 5.74. The van der Waals surface area contributed by atoms with E-state index >= 15 is 0 Å². The number of carboxylic acids is 1. The average molecular weight is 186 g/mol. The fraction of sp³-hybridized carbons (Fsp3) is 0. The molecule has 12 heavy (non-hydrogen) atoms. The van der Waals surface area contributed by atoms with Crippen molar-refractivity contribution in [1.82, 2.24) is 0 Å². The van der Waals surface area contributed by atoms with Crippen LogP contribution in [0, 0.1) is 0 Å². The van der Waals surface area contributed by atoms with Crippen molar-refractivity contribution in [3.8, 4) is 5.75 Å². The molecule has 1 unspecified atom stereocenters. The Balaban J connectivity index is 2.95. The summed E-state index contributed by atoms with van der Waals surface area (Å²) < 4.78 is 14.8. The molecule has 1 aromatic rings. The van der Waals surface area contributed by atoms with Crippen molar-refractivity contribution in [3.63, 3.8) is 0 Å². The third kappa shape index (κ3) is 2.10. The molecule has 0 saturated carbocycles. The van der Waals surface area contributed by atoms with Gasteiger partial charge < -0.3 is 9.63 Å². The predicted octanol–water partition coefficient (Wildman–Crippen LogP) is 1.43. The molecule has 5 heteroatoms. The van der Waals surface area contributed by atoms with Gasteiger partial charge in [0.25, 0.3) is 0 Å². The number of hydrogen-bond acceptors (Lipinski definition) is 3. The molecule has 4 nitrogen and oxygen atoms in total. The Morgan fingerprint density at radius 1 is 1.50 bits per heavy atom. The minimum atomic E-state index is -1.34. The summed E-state index contributed by atoms with van der Waals surface area (Å²) in [5.74, 6) is -0.707. The van der Waals surface area contributed by atoms with Crippen molar-refractivity contribution in [2.24, 2.45) is 0 Å². The highest BCUT2D eigenvalue weighted by molar-refractivity contribution is 7.17. The molecule has 0 aromatic heterocycles. The van der Waals surface area contributed by atoms with Crippen LogP contribution in [0.1, 0.15) is 10.4 Å². The van der Waals surface area contributed by atoms with Crippen molar-refractivity contribution in [2.75, 3.05) is 0 Å². The highest BCUT2D eigenvalue weighted by atomic mass is 31.1. The molecular formula is C7H7O4P. The average Bonchev–Trinajstić information content (AvgIpc) is 2.05. The van der Waals surface area contributed by atoms with Gasteiger partial charge in [0.2, 0.25) is 8.69 Å². The van der Waals surface area contributed by atoms with Crippen molar-refractivity contribution in [2.45, 2.75) is 0 Å². The lowest BCUT2D eigenvalue weighted by atomic mass is 10.2. The molecule has 1 rings (SSSR count). The number of aromatic carboxylic acids is 1. The van der Waals surface area contributed by atoms with Crippen LogP contribution in [0.2, 0.25) is 0 Å². The Labute approximate surface area is 70.1 Å². The lowest BCUT2D eigenvalue weighted by Crippen LogP contribution is -1.95. The second kappa shape index (κ2) is 3.93. The first kappa shape index (κ1) is 8.81. The van der Waals surface area contributed by atoms with Crippen LogP contribution in [0.25, 0.3) is 0 Å². The summed E-state index contributed by atoms with van der Waals surface area (Å²) in [7, 11) is -1.34. The van der Waals surface area contributed by atoms with Crippen molar-refractivity contribution in [1.29, 1.82) is 0 Å². The Hall–Kier alpha value is -1.28. The van der Waals surface area contributed by atoms with Gasteiger partial charge in [-0.25, -0.2) is 4.79 Å². The number of benzene rings is 1. The number of carbonyl (C=O) groups is 1. The maximum Gasteiger partial charge on any atom is 0.335 e. The Morgan fingerprint density at radius 2 is 2.25 bits per heavy atom. The minimum Gasteiger partial charge on any atom is -0.478 e. The molecule has 0 fully saturated rings. The quantitative estimate of drug-likeness (QED) is 0.725. The van der Waals surface area contributed by atoms with Gasteiger partial charge in [0.15, 0.2) is 0 Å². The maximum absolute atomic E-state index is 10.4. The Bertz CT molecular complexity index is 310. The highest BCUT2D eigenvalue weighted by Gasteiger charge is 2.02. The first-order valence-electron chi connectivity index (χ1n) is 3.17. The summed E-state index contributed by atoms with van der Waals surface area (Å²) in [6, 6.07) is 5.85. The zero-order valence-electron chi connectivity index (χ0n) is 6.06. The second-order valence-corrected chi connectivity index (χ2v) is 2.48. The second-order valence-electron chi connectivity index (χ2n) is 2.05. The normalized spacial score (nSPS) is 10.3. The number of carboxylic acid groups (broad SMARTS) is 1. The SMILES string of the molecule is O=[PH2]Oc1cccc(C(=O)O)c1. The lowest BCUT2D eigenvalue weighted by molar-refractivity contribution is 0.0696. The Kier molecular flexibility index (Phi) is 2.88. The van der Waals surface area contributed by atoms with Gasteiger partial charge in [0.05, 0.1) is 5.56 Å². The van der Waals surface area contributed by atoms with Gasteiger partial charge in [-0.3, -0.25) is 4.57 Å². The fourth-order valence-electron chi connectivity index (χ4n) is 0.758.